The molecule has 1 aliphatic carbocycles. The van der Waals surface area contributed by atoms with Gasteiger partial charge in [0.1, 0.15) is 0 Å². The first-order valence-electron chi connectivity index (χ1n) is 4.14. The Morgan fingerprint density at radius 1 is 1.67 bits per heavy atom. The molecule has 1 fully saturated rings. The van der Waals surface area contributed by atoms with Gasteiger partial charge in [-0.05, 0) is 19.1 Å². The van der Waals surface area contributed by atoms with E-state index in [1.165, 1.54) is 12.8 Å². The molecule has 0 bridgehead atoms. The van der Waals surface area contributed by atoms with Gasteiger partial charge in [0.15, 0.2) is 0 Å². The summed E-state index contributed by atoms with van der Waals surface area (Å²) in [5.41, 5.74) is 0. The maximum Gasteiger partial charge on any atom is 0.232 e. The van der Waals surface area contributed by atoms with E-state index in [1.807, 2.05) is 11.2 Å². The number of hydrogen-bond acceptors (Lipinski definition) is 2. The first kappa shape index (κ1) is 10.4. The molecule has 0 aliphatic heterocycles. The molecule has 12 heavy (non-hydrogen) atoms. The molecule has 0 atom stereocenters. The second-order valence-corrected chi connectivity index (χ2v) is 4.60. The minimum atomic E-state index is 0.296. The Morgan fingerprint density at radius 2 is 2.33 bits per heavy atom. The maximum atomic E-state index is 11.5. The Bertz CT molecular complexity index is 161. The van der Waals surface area contributed by atoms with Crippen LogP contribution in [0.1, 0.15) is 12.8 Å². The number of carbonyl (C=O) groups excluding carboxylic acids is 1. The van der Waals surface area contributed by atoms with Crippen molar-refractivity contribution in [1.29, 1.82) is 0 Å². The lowest BCUT2D eigenvalue weighted by Crippen LogP contribution is -2.35. The van der Waals surface area contributed by atoms with E-state index in [2.05, 4.69) is 15.9 Å². The Labute approximate surface area is 86.2 Å². The van der Waals surface area contributed by atoms with Gasteiger partial charge in [0, 0.05) is 17.9 Å². The van der Waals surface area contributed by atoms with Crippen LogP contribution in [0.5, 0.6) is 0 Å². The monoisotopic (exact) mass is 251 g/mol. The number of nitrogens with zero attached hydrogens (tertiary/aromatic N) is 1. The molecule has 0 aromatic carbocycles. The molecule has 0 unspecified atom stereocenters. The molecular formula is C8H14BrNOS. The topological polar surface area (TPSA) is 20.3 Å². The Kier molecular flexibility index (Phi) is 4.43. The number of carbonyl (C=O) groups is 1. The highest BCUT2D eigenvalue weighted by molar-refractivity contribution is 9.09. The van der Waals surface area contributed by atoms with Crippen LogP contribution in [0.2, 0.25) is 0 Å². The molecule has 0 N–H and O–H groups in total. The molecule has 4 heteroatoms. The van der Waals surface area contributed by atoms with E-state index in [4.69, 9.17) is 0 Å². The van der Waals surface area contributed by atoms with Crippen LogP contribution in [0.15, 0.2) is 0 Å². The van der Waals surface area contributed by atoms with Crippen molar-refractivity contribution in [1.82, 2.24) is 4.90 Å². The molecular weight excluding hydrogens is 238 g/mol. The number of alkyl halides is 1. The quantitative estimate of drug-likeness (QED) is 0.694. The second kappa shape index (κ2) is 5.12. The fourth-order valence-corrected chi connectivity index (χ4v) is 1.99. The molecule has 70 valence electrons. The minimum Gasteiger partial charge on any atom is -0.338 e. The lowest BCUT2D eigenvalue weighted by atomic mass is 10.4. The van der Waals surface area contributed by atoms with Gasteiger partial charge in [-0.3, -0.25) is 4.79 Å². The fourth-order valence-electron chi connectivity index (χ4n) is 1.19. The molecule has 0 heterocycles. The van der Waals surface area contributed by atoms with Gasteiger partial charge in [-0.25, -0.2) is 0 Å². The van der Waals surface area contributed by atoms with Crippen molar-refractivity contribution in [2.75, 3.05) is 23.9 Å². The van der Waals surface area contributed by atoms with Gasteiger partial charge in [0.2, 0.25) is 5.91 Å². The van der Waals surface area contributed by atoms with Crippen LogP contribution in [0.25, 0.3) is 0 Å². The van der Waals surface area contributed by atoms with Crippen LogP contribution in [-0.4, -0.2) is 40.7 Å². The van der Waals surface area contributed by atoms with E-state index in [1.54, 1.807) is 11.8 Å². The van der Waals surface area contributed by atoms with Gasteiger partial charge in [0.25, 0.3) is 0 Å². The van der Waals surface area contributed by atoms with Crippen molar-refractivity contribution in [3.05, 3.63) is 0 Å². The summed E-state index contributed by atoms with van der Waals surface area (Å²) in [7, 11) is 0. The Morgan fingerprint density at radius 3 is 2.75 bits per heavy atom. The zero-order chi connectivity index (χ0) is 8.97. The van der Waals surface area contributed by atoms with Crippen molar-refractivity contribution in [2.45, 2.75) is 18.9 Å². The average molecular weight is 252 g/mol. The molecule has 0 radical (unpaired) electrons. The first-order valence-corrected chi connectivity index (χ1v) is 6.65. The van der Waals surface area contributed by atoms with E-state index in [0.717, 1.165) is 11.9 Å². The van der Waals surface area contributed by atoms with Crippen molar-refractivity contribution in [3.8, 4) is 0 Å². The van der Waals surface area contributed by atoms with Crippen LogP contribution in [0.4, 0.5) is 0 Å². The smallest absolute Gasteiger partial charge is 0.232 e. The van der Waals surface area contributed by atoms with Crippen LogP contribution in [0.3, 0.4) is 0 Å². The normalized spacial score (nSPS) is 16.2. The largest absolute Gasteiger partial charge is 0.338 e. The molecule has 2 nitrogen and oxygen atoms in total. The maximum absolute atomic E-state index is 11.5. The highest BCUT2D eigenvalue weighted by Crippen LogP contribution is 2.27. The van der Waals surface area contributed by atoms with Crippen molar-refractivity contribution in [3.63, 3.8) is 0 Å². The Balaban J connectivity index is 2.34. The number of thioether (sulfide) groups is 1. The zero-order valence-corrected chi connectivity index (χ0v) is 9.66. The van der Waals surface area contributed by atoms with Gasteiger partial charge in [-0.2, -0.15) is 11.8 Å². The van der Waals surface area contributed by atoms with E-state index in [0.29, 0.717) is 17.7 Å². The van der Waals surface area contributed by atoms with Gasteiger partial charge in [-0.1, -0.05) is 15.9 Å². The van der Waals surface area contributed by atoms with Crippen molar-refractivity contribution < 1.29 is 4.79 Å². The first-order chi connectivity index (χ1) is 5.79. The summed E-state index contributed by atoms with van der Waals surface area (Å²) in [6, 6.07) is 0.558. The summed E-state index contributed by atoms with van der Waals surface area (Å²) in [6.07, 6.45) is 4.37. The number of amides is 1. The molecule has 1 rings (SSSR count). The predicted octanol–water partition coefficient (Wildman–Crippen LogP) is 1.74. The molecule has 1 aliphatic rings. The van der Waals surface area contributed by atoms with Crippen LogP contribution >= 0.6 is 27.7 Å². The van der Waals surface area contributed by atoms with E-state index in [9.17, 15) is 4.79 Å². The second-order valence-electron chi connectivity index (χ2n) is 2.94. The summed E-state index contributed by atoms with van der Waals surface area (Å²) < 4.78 is 0. The predicted molar refractivity (Wildman–Crippen MR) is 56.9 cm³/mol. The van der Waals surface area contributed by atoms with Gasteiger partial charge in [0.05, 0.1) is 5.75 Å². The molecule has 0 saturated heterocycles. The third-order valence-electron chi connectivity index (χ3n) is 1.90. The van der Waals surface area contributed by atoms with E-state index >= 15 is 0 Å². The van der Waals surface area contributed by atoms with Crippen LogP contribution < -0.4 is 0 Å². The van der Waals surface area contributed by atoms with Crippen molar-refractivity contribution >= 4 is 33.6 Å². The highest BCUT2D eigenvalue weighted by Gasteiger charge is 2.31. The van der Waals surface area contributed by atoms with Crippen LogP contribution in [0, 0.1) is 0 Å². The minimum absolute atomic E-state index is 0.296. The summed E-state index contributed by atoms with van der Waals surface area (Å²) in [5.74, 6) is 0.924. The fraction of sp³-hybridized carbons (Fsp3) is 0.875. The Hall–Kier alpha value is 0.300. The van der Waals surface area contributed by atoms with Crippen molar-refractivity contribution in [2.24, 2.45) is 0 Å². The summed E-state index contributed by atoms with van der Waals surface area (Å²) in [4.78, 5) is 13.5. The molecule has 0 aromatic rings. The molecule has 0 spiro atoms. The number of halogens is 1. The number of rotatable bonds is 5. The third-order valence-corrected chi connectivity index (χ3v) is 2.79. The van der Waals surface area contributed by atoms with Gasteiger partial charge < -0.3 is 4.90 Å². The standard InChI is InChI=1S/C8H14BrNOS/c1-12-6-8(11)10(5-4-9)7-2-3-7/h7H,2-6H2,1H3. The summed E-state index contributed by atoms with van der Waals surface area (Å²) in [5, 5.41) is 0.892. The SMILES string of the molecule is CSCC(=O)N(CCBr)C1CC1. The summed E-state index contributed by atoms with van der Waals surface area (Å²) in [6.45, 7) is 0.865. The average Bonchev–Trinajstić information content (AvgIpc) is 2.83. The lowest BCUT2D eigenvalue weighted by molar-refractivity contribution is -0.128. The zero-order valence-electron chi connectivity index (χ0n) is 7.25. The van der Waals surface area contributed by atoms with E-state index < -0.39 is 0 Å². The lowest BCUT2D eigenvalue weighted by Gasteiger charge is -2.20. The van der Waals surface area contributed by atoms with Crippen LogP contribution in [-0.2, 0) is 4.79 Å². The van der Waals surface area contributed by atoms with E-state index in [-0.39, 0.29) is 0 Å². The highest BCUT2D eigenvalue weighted by atomic mass is 79.9. The summed E-state index contributed by atoms with van der Waals surface area (Å²) >= 11 is 4.97. The third kappa shape index (κ3) is 2.98. The van der Waals surface area contributed by atoms with Gasteiger partial charge >= 0.3 is 0 Å². The number of hydrogen-bond donors (Lipinski definition) is 0. The molecule has 0 aromatic heterocycles. The molecule has 1 saturated carbocycles. The van der Waals surface area contributed by atoms with Gasteiger partial charge in [-0.15, -0.1) is 0 Å². The molecule has 1 amide bonds.